The predicted octanol–water partition coefficient (Wildman–Crippen LogP) is 4.58. The summed E-state index contributed by atoms with van der Waals surface area (Å²) in [6, 6.07) is 13.9. The molecule has 1 N–H and O–H groups in total. The van der Waals surface area contributed by atoms with E-state index in [2.05, 4.69) is 17.4 Å². The Balaban J connectivity index is 1.76. The van der Waals surface area contributed by atoms with Crippen molar-refractivity contribution in [2.45, 2.75) is 52.1 Å². The summed E-state index contributed by atoms with van der Waals surface area (Å²) < 4.78 is 22.0. The van der Waals surface area contributed by atoms with Crippen molar-refractivity contribution in [3.63, 3.8) is 0 Å². The predicted molar refractivity (Wildman–Crippen MR) is 127 cm³/mol. The summed E-state index contributed by atoms with van der Waals surface area (Å²) in [5.41, 5.74) is 2.15. The van der Waals surface area contributed by atoms with Crippen LogP contribution in [0.5, 0.6) is 17.2 Å². The third-order valence-corrected chi connectivity index (χ3v) is 5.23. The molecule has 6 nitrogen and oxygen atoms in total. The van der Waals surface area contributed by atoms with Crippen LogP contribution in [0.2, 0.25) is 0 Å². The van der Waals surface area contributed by atoms with Crippen molar-refractivity contribution in [1.29, 1.82) is 0 Å². The standard InChI is InChI=1S/C26H37NO5/c1-6-32-26(2,3)15-16-27-25(28)19-31-22-12-8-11-20(17-22)9-7-10-21-13-14-23(29-4)24(18-21)30-5/h8,11-14,17-18H,6-7,9-10,15-16,19H2,1-5H3,(H,27,28). The zero-order chi connectivity index (χ0) is 23.4. The number of hydrogen-bond donors (Lipinski definition) is 1. The lowest BCUT2D eigenvalue weighted by Crippen LogP contribution is -2.35. The molecular weight excluding hydrogens is 406 g/mol. The summed E-state index contributed by atoms with van der Waals surface area (Å²) in [7, 11) is 3.29. The quantitative estimate of drug-likeness (QED) is 0.463. The van der Waals surface area contributed by atoms with Gasteiger partial charge in [0, 0.05) is 13.2 Å². The molecule has 0 unspecified atom stereocenters. The molecule has 0 atom stereocenters. The lowest BCUT2D eigenvalue weighted by atomic mass is 10.0. The van der Waals surface area contributed by atoms with Crippen LogP contribution in [0, 0.1) is 0 Å². The van der Waals surface area contributed by atoms with Crippen LogP contribution >= 0.6 is 0 Å². The summed E-state index contributed by atoms with van der Waals surface area (Å²) in [5, 5.41) is 2.89. The van der Waals surface area contributed by atoms with Gasteiger partial charge in [-0.15, -0.1) is 0 Å². The SMILES string of the molecule is CCOC(C)(C)CCNC(=O)COc1cccc(CCCc2ccc(OC)c(OC)c2)c1. The van der Waals surface area contributed by atoms with Crippen LogP contribution in [0.15, 0.2) is 42.5 Å². The molecule has 32 heavy (non-hydrogen) atoms. The van der Waals surface area contributed by atoms with Gasteiger partial charge in [0.2, 0.25) is 0 Å². The number of carbonyl (C=O) groups is 1. The van der Waals surface area contributed by atoms with Crippen molar-refractivity contribution in [2.24, 2.45) is 0 Å². The van der Waals surface area contributed by atoms with Crippen LogP contribution in [0.4, 0.5) is 0 Å². The van der Waals surface area contributed by atoms with E-state index in [9.17, 15) is 4.79 Å². The summed E-state index contributed by atoms with van der Waals surface area (Å²) in [4.78, 5) is 12.1. The number of nitrogens with one attached hydrogen (secondary N) is 1. The van der Waals surface area contributed by atoms with Gasteiger partial charge >= 0.3 is 0 Å². The van der Waals surface area contributed by atoms with Gasteiger partial charge in [-0.3, -0.25) is 4.79 Å². The first kappa shape index (κ1) is 25.5. The van der Waals surface area contributed by atoms with E-state index in [1.165, 1.54) is 11.1 Å². The van der Waals surface area contributed by atoms with Gasteiger partial charge in [-0.05, 0) is 81.8 Å². The van der Waals surface area contributed by atoms with Crippen molar-refractivity contribution in [1.82, 2.24) is 5.32 Å². The maximum atomic E-state index is 12.1. The Labute approximate surface area is 192 Å². The number of carbonyl (C=O) groups excluding carboxylic acids is 1. The smallest absolute Gasteiger partial charge is 0.257 e. The van der Waals surface area contributed by atoms with Gasteiger partial charge in [0.05, 0.1) is 19.8 Å². The van der Waals surface area contributed by atoms with Gasteiger partial charge in [-0.1, -0.05) is 18.2 Å². The lowest BCUT2D eigenvalue weighted by molar-refractivity contribution is -0.123. The number of methoxy groups -OCH3 is 2. The van der Waals surface area contributed by atoms with E-state index >= 15 is 0 Å². The van der Waals surface area contributed by atoms with Crippen LogP contribution in [0.25, 0.3) is 0 Å². The molecule has 176 valence electrons. The second kappa shape index (κ2) is 13.0. The third kappa shape index (κ3) is 8.79. The first-order chi connectivity index (χ1) is 15.4. The molecule has 1 amide bonds. The monoisotopic (exact) mass is 443 g/mol. The zero-order valence-corrected chi connectivity index (χ0v) is 20.0. The Morgan fingerprint density at radius 2 is 1.69 bits per heavy atom. The van der Waals surface area contributed by atoms with E-state index in [1.54, 1.807) is 14.2 Å². The minimum atomic E-state index is -0.242. The van der Waals surface area contributed by atoms with Crippen molar-refractivity contribution in [2.75, 3.05) is 34.0 Å². The number of benzene rings is 2. The van der Waals surface area contributed by atoms with E-state index < -0.39 is 0 Å². The van der Waals surface area contributed by atoms with E-state index in [0.29, 0.717) is 18.9 Å². The third-order valence-electron chi connectivity index (χ3n) is 5.23. The van der Waals surface area contributed by atoms with Gasteiger partial charge in [0.15, 0.2) is 18.1 Å². The van der Waals surface area contributed by atoms with Gasteiger partial charge in [-0.2, -0.15) is 0 Å². The first-order valence-corrected chi connectivity index (χ1v) is 11.2. The van der Waals surface area contributed by atoms with Crippen molar-refractivity contribution in [3.8, 4) is 17.2 Å². The highest BCUT2D eigenvalue weighted by Gasteiger charge is 2.17. The molecular formula is C26H37NO5. The number of ether oxygens (including phenoxy) is 4. The van der Waals surface area contributed by atoms with Crippen LogP contribution < -0.4 is 19.5 Å². The first-order valence-electron chi connectivity index (χ1n) is 11.2. The molecule has 6 heteroatoms. The maximum Gasteiger partial charge on any atom is 0.257 e. The van der Waals surface area contributed by atoms with Crippen LogP contribution in [0.3, 0.4) is 0 Å². The molecule has 2 aromatic rings. The fourth-order valence-electron chi connectivity index (χ4n) is 3.49. The molecule has 0 aromatic heterocycles. The molecule has 0 saturated carbocycles. The Morgan fingerprint density at radius 3 is 2.38 bits per heavy atom. The summed E-state index contributed by atoms with van der Waals surface area (Å²) in [6.45, 7) is 7.24. The van der Waals surface area contributed by atoms with Crippen LogP contribution in [-0.4, -0.2) is 45.5 Å². The van der Waals surface area contributed by atoms with E-state index in [4.69, 9.17) is 18.9 Å². The number of rotatable bonds is 14. The fourth-order valence-corrected chi connectivity index (χ4v) is 3.49. The number of amides is 1. The molecule has 0 heterocycles. The number of aryl methyl sites for hydroxylation is 2. The Morgan fingerprint density at radius 1 is 0.969 bits per heavy atom. The molecule has 0 fully saturated rings. The second-order valence-electron chi connectivity index (χ2n) is 8.27. The minimum Gasteiger partial charge on any atom is -0.493 e. The highest BCUT2D eigenvalue weighted by atomic mass is 16.5. The molecule has 0 aliphatic heterocycles. The number of hydrogen-bond acceptors (Lipinski definition) is 5. The van der Waals surface area contributed by atoms with Crippen molar-refractivity contribution >= 4 is 5.91 Å². The van der Waals surface area contributed by atoms with Gasteiger partial charge in [0.1, 0.15) is 5.75 Å². The summed E-state index contributed by atoms with van der Waals surface area (Å²) in [5.74, 6) is 2.07. The molecule has 0 bridgehead atoms. The highest BCUT2D eigenvalue weighted by molar-refractivity contribution is 5.77. The minimum absolute atomic E-state index is 0.00413. The molecule has 2 aromatic carbocycles. The Kier molecular flexibility index (Phi) is 10.3. The topological polar surface area (TPSA) is 66.0 Å². The van der Waals surface area contributed by atoms with Crippen LogP contribution in [0.1, 0.15) is 44.7 Å². The average molecular weight is 444 g/mol. The van der Waals surface area contributed by atoms with Gasteiger partial charge in [-0.25, -0.2) is 0 Å². The van der Waals surface area contributed by atoms with E-state index in [-0.39, 0.29) is 18.1 Å². The fraction of sp³-hybridized carbons (Fsp3) is 0.500. The molecule has 0 aliphatic carbocycles. The van der Waals surface area contributed by atoms with Crippen LogP contribution in [-0.2, 0) is 22.4 Å². The molecule has 2 rings (SSSR count). The molecule has 0 radical (unpaired) electrons. The summed E-state index contributed by atoms with van der Waals surface area (Å²) >= 11 is 0. The highest BCUT2D eigenvalue weighted by Crippen LogP contribution is 2.28. The normalized spacial score (nSPS) is 11.2. The van der Waals surface area contributed by atoms with Gasteiger partial charge in [0.25, 0.3) is 5.91 Å². The van der Waals surface area contributed by atoms with E-state index in [1.807, 2.05) is 51.1 Å². The summed E-state index contributed by atoms with van der Waals surface area (Å²) in [6.07, 6.45) is 3.60. The Bertz CT molecular complexity index is 850. The molecule has 0 spiro atoms. The largest absolute Gasteiger partial charge is 0.493 e. The Hall–Kier alpha value is -2.73. The molecule has 0 aliphatic rings. The second-order valence-corrected chi connectivity index (χ2v) is 8.27. The van der Waals surface area contributed by atoms with Crippen molar-refractivity contribution in [3.05, 3.63) is 53.6 Å². The maximum absolute atomic E-state index is 12.1. The lowest BCUT2D eigenvalue weighted by Gasteiger charge is -2.24. The van der Waals surface area contributed by atoms with Gasteiger partial charge < -0.3 is 24.3 Å². The molecule has 0 saturated heterocycles. The zero-order valence-electron chi connectivity index (χ0n) is 20.0. The van der Waals surface area contributed by atoms with E-state index in [0.717, 1.165) is 37.2 Å². The average Bonchev–Trinajstić information content (AvgIpc) is 2.77. The van der Waals surface area contributed by atoms with Crippen molar-refractivity contribution < 1.29 is 23.7 Å².